The highest BCUT2D eigenvalue weighted by molar-refractivity contribution is 9.10. The summed E-state index contributed by atoms with van der Waals surface area (Å²) in [6.07, 6.45) is 3.87. The van der Waals surface area contributed by atoms with Crippen LogP contribution in [0.1, 0.15) is 24.1 Å². The normalized spacial score (nSPS) is 14.6. The first-order chi connectivity index (χ1) is 8.09. The van der Waals surface area contributed by atoms with Gasteiger partial charge in [-0.15, -0.1) is 0 Å². The van der Waals surface area contributed by atoms with E-state index in [1.165, 1.54) is 0 Å². The molecule has 90 valence electrons. The van der Waals surface area contributed by atoms with Gasteiger partial charge in [0.05, 0.1) is 12.2 Å². The Hall–Kier alpha value is -1.13. The van der Waals surface area contributed by atoms with Crippen LogP contribution in [0.15, 0.2) is 41.1 Å². The van der Waals surface area contributed by atoms with Crippen molar-refractivity contribution in [2.75, 3.05) is 0 Å². The summed E-state index contributed by atoms with van der Waals surface area (Å²) < 4.78 is 3.00. The molecule has 17 heavy (non-hydrogen) atoms. The van der Waals surface area contributed by atoms with E-state index in [2.05, 4.69) is 27.1 Å². The van der Waals surface area contributed by atoms with Crippen molar-refractivity contribution in [2.24, 2.45) is 5.73 Å². The predicted octanol–water partition coefficient (Wildman–Crippen LogP) is 2.89. The van der Waals surface area contributed by atoms with Crippen molar-refractivity contribution in [1.29, 1.82) is 0 Å². The molecule has 2 aromatic rings. The molecule has 1 heterocycles. The predicted molar refractivity (Wildman–Crippen MR) is 72.9 cm³/mol. The van der Waals surface area contributed by atoms with E-state index in [-0.39, 0.29) is 12.1 Å². The minimum Gasteiger partial charge on any atom is -0.326 e. The zero-order chi connectivity index (χ0) is 12.4. The SMILES string of the molecule is Cc1cnn(C(c2ccccc2Br)C(C)N)c1. The van der Waals surface area contributed by atoms with Crippen LogP contribution < -0.4 is 5.73 Å². The van der Waals surface area contributed by atoms with Crippen LogP contribution in [0.3, 0.4) is 0 Å². The van der Waals surface area contributed by atoms with Crippen LogP contribution in [0.25, 0.3) is 0 Å². The van der Waals surface area contributed by atoms with Crippen LogP contribution >= 0.6 is 15.9 Å². The molecule has 0 saturated heterocycles. The molecule has 2 N–H and O–H groups in total. The Morgan fingerprint density at radius 2 is 2.06 bits per heavy atom. The molecule has 3 nitrogen and oxygen atoms in total. The molecule has 2 unspecified atom stereocenters. The number of rotatable bonds is 3. The summed E-state index contributed by atoms with van der Waals surface area (Å²) >= 11 is 3.57. The van der Waals surface area contributed by atoms with E-state index in [1.807, 2.05) is 49.1 Å². The van der Waals surface area contributed by atoms with Gasteiger partial charge in [0.2, 0.25) is 0 Å². The van der Waals surface area contributed by atoms with Crippen molar-refractivity contribution >= 4 is 15.9 Å². The van der Waals surface area contributed by atoms with Gasteiger partial charge in [0, 0.05) is 16.7 Å². The van der Waals surface area contributed by atoms with E-state index in [4.69, 9.17) is 5.73 Å². The second-order valence-corrected chi connectivity index (χ2v) is 5.18. The molecule has 0 radical (unpaired) electrons. The van der Waals surface area contributed by atoms with Gasteiger partial charge < -0.3 is 5.73 Å². The highest BCUT2D eigenvalue weighted by Gasteiger charge is 2.20. The van der Waals surface area contributed by atoms with Gasteiger partial charge in [-0.05, 0) is 31.0 Å². The maximum absolute atomic E-state index is 6.10. The molecular formula is C13H16BrN3. The Morgan fingerprint density at radius 3 is 2.59 bits per heavy atom. The first-order valence-corrected chi connectivity index (χ1v) is 6.39. The van der Waals surface area contributed by atoms with Gasteiger partial charge in [-0.1, -0.05) is 34.1 Å². The lowest BCUT2D eigenvalue weighted by atomic mass is 10.0. The van der Waals surface area contributed by atoms with E-state index in [9.17, 15) is 0 Å². The molecule has 0 fully saturated rings. The maximum atomic E-state index is 6.10. The van der Waals surface area contributed by atoms with E-state index in [0.717, 1.165) is 15.6 Å². The average Bonchev–Trinajstić information content (AvgIpc) is 2.68. The number of benzene rings is 1. The van der Waals surface area contributed by atoms with Crippen molar-refractivity contribution in [1.82, 2.24) is 9.78 Å². The largest absolute Gasteiger partial charge is 0.326 e. The third-order valence-corrected chi connectivity index (χ3v) is 3.46. The Morgan fingerprint density at radius 1 is 1.35 bits per heavy atom. The summed E-state index contributed by atoms with van der Waals surface area (Å²) in [5, 5.41) is 4.37. The topological polar surface area (TPSA) is 43.8 Å². The summed E-state index contributed by atoms with van der Waals surface area (Å²) in [5.41, 5.74) is 8.40. The van der Waals surface area contributed by atoms with E-state index < -0.39 is 0 Å². The van der Waals surface area contributed by atoms with Gasteiger partial charge in [0.1, 0.15) is 0 Å². The lowest BCUT2D eigenvalue weighted by Crippen LogP contribution is -2.30. The van der Waals surface area contributed by atoms with E-state index in [1.54, 1.807) is 0 Å². The second-order valence-electron chi connectivity index (χ2n) is 4.32. The Bertz CT molecular complexity index is 505. The lowest BCUT2D eigenvalue weighted by molar-refractivity contribution is 0.452. The molecule has 2 rings (SSSR count). The molecule has 0 aliphatic heterocycles. The summed E-state index contributed by atoms with van der Waals surface area (Å²) in [4.78, 5) is 0. The molecular weight excluding hydrogens is 278 g/mol. The molecule has 1 aromatic heterocycles. The number of halogens is 1. The van der Waals surface area contributed by atoms with Crippen LogP contribution in [-0.4, -0.2) is 15.8 Å². The highest BCUT2D eigenvalue weighted by Crippen LogP contribution is 2.27. The molecule has 2 atom stereocenters. The summed E-state index contributed by atoms with van der Waals surface area (Å²) in [7, 11) is 0. The Labute approximate surface area is 110 Å². The Kier molecular flexibility index (Phi) is 3.64. The van der Waals surface area contributed by atoms with E-state index >= 15 is 0 Å². The maximum Gasteiger partial charge on any atom is 0.0927 e. The van der Waals surface area contributed by atoms with Crippen LogP contribution in [-0.2, 0) is 0 Å². The van der Waals surface area contributed by atoms with Crippen molar-refractivity contribution in [2.45, 2.75) is 25.9 Å². The van der Waals surface area contributed by atoms with Gasteiger partial charge in [-0.3, -0.25) is 4.68 Å². The first kappa shape index (κ1) is 12.3. The summed E-state index contributed by atoms with van der Waals surface area (Å²) in [6, 6.07) is 8.18. The smallest absolute Gasteiger partial charge is 0.0927 e. The molecule has 4 heteroatoms. The fraction of sp³-hybridized carbons (Fsp3) is 0.308. The number of aryl methyl sites for hydroxylation is 1. The first-order valence-electron chi connectivity index (χ1n) is 5.60. The number of hydrogen-bond donors (Lipinski definition) is 1. The molecule has 0 bridgehead atoms. The lowest BCUT2D eigenvalue weighted by Gasteiger charge is -2.23. The minimum atomic E-state index is -0.00648. The Balaban J connectivity index is 2.47. The van der Waals surface area contributed by atoms with Crippen LogP contribution in [0.2, 0.25) is 0 Å². The van der Waals surface area contributed by atoms with Crippen molar-refractivity contribution in [3.05, 3.63) is 52.3 Å². The highest BCUT2D eigenvalue weighted by atomic mass is 79.9. The molecule has 1 aromatic carbocycles. The molecule has 0 aliphatic rings. The van der Waals surface area contributed by atoms with Crippen molar-refractivity contribution < 1.29 is 0 Å². The van der Waals surface area contributed by atoms with Gasteiger partial charge in [-0.25, -0.2) is 0 Å². The van der Waals surface area contributed by atoms with Crippen LogP contribution in [0.5, 0.6) is 0 Å². The number of nitrogens with two attached hydrogens (primary N) is 1. The average molecular weight is 294 g/mol. The van der Waals surface area contributed by atoms with Gasteiger partial charge in [0.15, 0.2) is 0 Å². The summed E-state index contributed by atoms with van der Waals surface area (Å²) in [5.74, 6) is 0. The van der Waals surface area contributed by atoms with Gasteiger partial charge in [0.25, 0.3) is 0 Å². The fourth-order valence-electron chi connectivity index (χ4n) is 1.97. The van der Waals surface area contributed by atoms with Crippen LogP contribution in [0, 0.1) is 6.92 Å². The number of hydrogen-bond acceptors (Lipinski definition) is 2. The second kappa shape index (κ2) is 5.02. The minimum absolute atomic E-state index is 0.00648. The number of nitrogens with zero attached hydrogens (tertiary/aromatic N) is 2. The third kappa shape index (κ3) is 2.58. The third-order valence-electron chi connectivity index (χ3n) is 2.74. The molecule has 0 amide bonds. The van der Waals surface area contributed by atoms with E-state index in [0.29, 0.717) is 0 Å². The molecule has 0 spiro atoms. The summed E-state index contributed by atoms with van der Waals surface area (Å²) in [6.45, 7) is 4.03. The monoisotopic (exact) mass is 293 g/mol. The number of aromatic nitrogens is 2. The zero-order valence-electron chi connectivity index (χ0n) is 9.97. The molecule has 0 saturated carbocycles. The van der Waals surface area contributed by atoms with Crippen molar-refractivity contribution in [3.63, 3.8) is 0 Å². The fourth-order valence-corrected chi connectivity index (χ4v) is 2.49. The zero-order valence-corrected chi connectivity index (χ0v) is 11.6. The quantitative estimate of drug-likeness (QED) is 0.946. The van der Waals surface area contributed by atoms with Crippen molar-refractivity contribution in [3.8, 4) is 0 Å². The van der Waals surface area contributed by atoms with Gasteiger partial charge >= 0.3 is 0 Å². The molecule has 0 aliphatic carbocycles. The van der Waals surface area contributed by atoms with Crippen LogP contribution in [0.4, 0.5) is 0 Å². The van der Waals surface area contributed by atoms with Gasteiger partial charge in [-0.2, -0.15) is 5.10 Å². The standard InChI is InChI=1S/C13H16BrN3/c1-9-7-16-17(8-9)13(10(2)15)11-5-3-4-6-12(11)14/h3-8,10,13H,15H2,1-2H3.